The zero-order valence-corrected chi connectivity index (χ0v) is 13.0. The first kappa shape index (κ1) is 17.7. The van der Waals surface area contributed by atoms with Crippen molar-refractivity contribution >= 4 is 11.8 Å². The molecular formula is C15H28N4O2. The van der Waals surface area contributed by atoms with E-state index in [0.717, 1.165) is 19.5 Å². The van der Waals surface area contributed by atoms with Crippen LogP contribution >= 0.6 is 0 Å². The second kappa shape index (κ2) is 9.52. The van der Waals surface area contributed by atoms with Gasteiger partial charge in [0.25, 0.3) is 0 Å². The van der Waals surface area contributed by atoms with E-state index in [1.165, 1.54) is 0 Å². The van der Waals surface area contributed by atoms with Gasteiger partial charge < -0.3 is 16.0 Å². The highest BCUT2D eigenvalue weighted by molar-refractivity contribution is 5.78. The number of hydrogen-bond acceptors (Lipinski definition) is 4. The number of hydrogen-bond donors (Lipinski definition) is 2. The molecule has 0 spiro atoms. The van der Waals surface area contributed by atoms with Crippen LogP contribution in [0.2, 0.25) is 0 Å². The number of piperazine rings is 1. The normalized spacial score (nSPS) is 17.3. The van der Waals surface area contributed by atoms with Crippen LogP contribution in [0.3, 0.4) is 0 Å². The summed E-state index contributed by atoms with van der Waals surface area (Å²) < 4.78 is 0. The number of carbonyl (C=O) groups is 2. The van der Waals surface area contributed by atoms with Crippen molar-refractivity contribution in [1.82, 2.24) is 15.1 Å². The number of rotatable bonds is 8. The molecule has 1 fully saturated rings. The number of nitrogens with one attached hydrogen (secondary N) is 1. The number of nitrogens with two attached hydrogens (primary N) is 1. The Morgan fingerprint density at radius 3 is 2.57 bits per heavy atom. The fourth-order valence-corrected chi connectivity index (χ4v) is 2.25. The molecule has 1 heterocycles. The minimum atomic E-state index is 0.00597. The van der Waals surface area contributed by atoms with Gasteiger partial charge in [-0.3, -0.25) is 14.5 Å². The van der Waals surface area contributed by atoms with Crippen molar-refractivity contribution < 1.29 is 9.59 Å². The molecule has 6 heteroatoms. The van der Waals surface area contributed by atoms with Gasteiger partial charge in [-0.05, 0) is 18.9 Å². The molecule has 120 valence electrons. The average Bonchev–Trinajstić information content (AvgIpc) is 2.50. The van der Waals surface area contributed by atoms with E-state index < -0.39 is 0 Å². The van der Waals surface area contributed by atoms with Gasteiger partial charge in [0.1, 0.15) is 0 Å². The fourth-order valence-electron chi connectivity index (χ4n) is 2.25. The van der Waals surface area contributed by atoms with Crippen LogP contribution in [0.4, 0.5) is 0 Å². The number of amides is 2. The monoisotopic (exact) mass is 296 g/mol. The standard InChI is InChI=1S/C15H28N4O2/c1-3-6-17-14(20)12-18-7-9-19(10-8-18)15(21)5-4-13(2)11-16/h3,13H,1,4-12,16H2,2H3,(H,17,20). The molecule has 0 bridgehead atoms. The predicted molar refractivity (Wildman–Crippen MR) is 83.7 cm³/mol. The maximum atomic E-state index is 12.1. The summed E-state index contributed by atoms with van der Waals surface area (Å²) in [6.07, 6.45) is 3.08. The van der Waals surface area contributed by atoms with Crippen LogP contribution in [-0.2, 0) is 9.59 Å². The zero-order valence-electron chi connectivity index (χ0n) is 13.0. The van der Waals surface area contributed by atoms with Gasteiger partial charge in [-0.2, -0.15) is 0 Å². The van der Waals surface area contributed by atoms with E-state index in [-0.39, 0.29) is 11.8 Å². The predicted octanol–water partition coefficient (Wildman–Crippen LogP) is -0.192. The minimum Gasteiger partial charge on any atom is -0.352 e. The van der Waals surface area contributed by atoms with Crippen LogP contribution in [0.1, 0.15) is 19.8 Å². The van der Waals surface area contributed by atoms with Crippen LogP contribution in [0.15, 0.2) is 12.7 Å². The maximum absolute atomic E-state index is 12.1. The highest BCUT2D eigenvalue weighted by Crippen LogP contribution is 2.09. The third kappa shape index (κ3) is 6.73. The lowest BCUT2D eigenvalue weighted by Gasteiger charge is -2.34. The molecule has 0 aromatic carbocycles. The minimum absolute atomic E-state index is 0.00597. The van der Waals surface area contributed by atoms with Crippen LogP contribution in [0, 0.1) is 5.92 Å². The molecular weight excluding hydrogens is 268 g/mol. The lowest BCUT2D eigenvalue weighted by Crippen LogP contribution is -2.51. The highest BCUT2D eigenvalue weighted by atomic mass is 16.2. The first-order valence-electron chi connectivity index (χ1n) is 7.64. The Kier molecular flexibility index (Phi) is 8.00. The van der Waals surface area contributed by atoms with Gasteiger partial charge in [0.05, 0.1) is 6.54 Å². The van der Waals surface area contributed by atoms with E-state index in [9.17, 15) is 9.59 Å². The van der Waals surface area contributed by atoms with Gasteiger partial charge in [0, 0.05) is 39.1 Å². The summed E-state index contributed by atoms with van der Waals surface area (Å²) in [5.41, 5.74) is 5.56. The van der Waals surface area contributed by atoms with Gasteiger partial charge in [-0.25, -0.2) is 0 Å². The topological polar surface area (TPSA) is 78.7 Å². The van der Waals surface area contributed by atoms with Crippen molar-refractivity contribution in [3.8, 4) is 0 Å². The van der Waals surface area contributed by atoms with Crippen LogP contribution in [-0.4, -0.2) is 67.4 Å². The first-order chi connectivity index (χ1) is 10.1. The van der Waals surface area contributed by atoms with Crippen molar-refractivity contribution in [2.24, 2.45) is 11.7 Å². The molecule has 6 nitrogen and oxygen atoms in total. The van der Waals surface area contributed by atoms with E-state index in [1.54, 1.807) is 6.08 Å². The van der Waals surface area contributed by atoms with Crippen molar-refractivity contribution in [3.05, 3.63) is 12.7 Å². The van der Waals surface area contributed by atoms with Crippen LogP contribution in [0.5, 0.6) is 0 Å². The molecule has 21 heavy (non-hydrogen) atoms. The van der Waals surface area contributed by atoms with Crippen molar-refractivity contribution in [2.45, 2.75) is 19.8 Å². The Hall–Kier alpha value is -1.40. The fraction of sp³-hybridized carbons (Fsp3) is 0.733. The van der Waals surface area contributed by atoms with Crippen LogP contribution in [0.25, 0.3) is 0 Å². The molecule has 0 aliphatic carbocycles. The molecule has 0 radical (unpaired) electrons. The molecule has 1 atom stereocenters. The average molecular weight is 296 g/mol. The van der Waals surface area contributed by atoms with E-state index >= 15 is 0 Å². The number of carbonyl (C=O) groups excluding carboxylic acids is 2. The quantitative estimate of drug-likeness (QED) is 0.609. The summed E-state index contributed by atoms with van der Waals surface area (Å²) in [6, 6.07) is 0. The Balaban J connectivity index is 2.23. The molecule has 1 rings (SSSR count). The molecule has 0 aromatic heterocycles. The summed E-state index contributed by atoms with van der Waals surface area (Å²) in [4.78, 5) is 27.6. The van der Waals surface area contributed by atoms with E-state index in [4.69, 9.17) is 5.73 Å². The smallest absolute Gasteiger partial charge is 0.234 e. The summed E-state index contributed by atoms with van der Waals surface area (Å²) in [6.45, 7) is 10.0. The highest BCUT2D eigenvalue weighted by Gasteiger charge is 2.22. The third-order valence-electron chi connectivity index (χ3n) is 3.79. The maximum Gasteiger partial charge on any atom is 0.234 e. The third-order valence-corrected chi connectivity index (χ3v) is 3.79. The molecule has 3 N–H and O–H groups in total. The summed E-state index contributed by atoms with van der Waals surface area (Å²) >= 11 is 0. The molecule has 2 amide bonds. The van der Waals surface area contributed by atoms with E-state index in [2.05, 4.69) is 23.7 Å². The largest absolute Gasteiger partial charge is 0.352 e. The number of nitrogens with zero attached hydrogens (tertiary/aromatic N) is 2. The summed E-state index contributed by atoms with van der Waals surface area (Å²) in [5, 5.41) is 2.76. The van der Waals surface area contributed by atoms with Gasteiger partial charge in [-0.1, -0.05) is 13.0 Å². The van der Waals surface area contributed by atoms with Gasteiger partial charge in [-0.15, -0.1) is 6.58 Å². The Morgan fingerprint density at radius 2 is 2.00 bits per heavy atom. The first-order valence-corrected chi connectivity index (χ1v) is 7.64. The van der Waals surface area contributed by atoms with Crippen molar-refractivity contribution in [2.75, 3.05) is 45.8 Å². The second-order valence-corrected chi connectivity index (χ2v) is 5.63. The van der Waals surface area contributed by atoms with Gasteiger partial charge in [0.15, 0.2) is 0 Å². The molecule has 1 unspecified atom stereocenters. The van der Waals surface area contributed by atoms with Gasteiger partial charge in [0.2, 0.25) is 11.8 Å². The van der Waals surface area contributed by atoms with E-state index in [1.807, 2.05) is 4.90 Å². The lowest BCUT2D eigenvalue weighted by molar-refractivity contribution is -0.133. The molecule has 0 saturated carbocycles. The molecule has 1 aliphatic heterocycles. The van der Waals surface area contributed by atoms with Gasteiger partial charge >= 0.3 is 0 Å². The van der Waals surface area contributed by atoms with Crippen LogP contribution < -0.4 is 11.1 Å². The molecule has 0 aromatic rings. The summed E-state index contributed by atoms with van der Waals surface area (Å²) in [5.74, 6) is 0.598. The van der Waals surface area contributed by atoms with Crippen molar-refractivity contribution in [3.63, 3.8) is 0 Å². The SMILES string of the molecule is C=CCNC(=O)CN1CCN(C(=O)CCC(C)CN)CC1. The van der Waals surface area contributed by atoms with Crippen molar-refractivity contribution in [1.29, 1.82) is 0 Å². The Morgan fingerprint density at radius 1 is 1.33 bits per heavy atom. The Bertz CT molecular complexity index is 352. The molecule has 1 saturated heterocycles. The molecule has 1 aliphatic rings. The van der Waals surface area contributed by atoms with E-state index in [0.29, 0.717) is 45.1 Å². The Labute approximate surface area is 127 Å². The summed E-state index contributed by atoms with van der Waals surface area (Å²) in [7, 11) is 0. The zero-order chi connectivity index (χ0) is 15.7. The second-order valence-electron chi connectivity index (χ2n) is 5.63. The lowest BCUT2D eigenvalue weighted by atomic mass is 10.1.